The molecule has 1 heterocycles. The molecule has 1 aliphatic rings. The van der Waals surface area contributed by atoms with Crippen molar-refractivity contribution < 1.29 is 23.1 Å². The van der Waals surface area contributed by atoms with Crippen LogP contribution in [-0.4, -0.2) is 41.0 Å². The molecule has 98 valence electrons. The number of aliphatic carboxylic acids is 1. The zero-order chi connectivity index (χ0) is 13.4. The number of sulfonamides is 1. The average molecular weight is 263 g/mol. The van der Waals surface area contributed by atoms with Gasteiger partial charge in [0.1, 0.15) is 0 Å². The first kappa shape index (κ1) is 14.0. The minimum Gasteiger partial charge on any atom is -0.481 e. The van der Waals surface area contributed by atoms with Crippen molar-refractivity contribution in [3.63, 3.8) is 0 Å². The Hall–Kier alpha value is -1.11. The third-order valence-corrected chi connectivity index (χ3v) is 5.41. The van der Waals surface area contributed by atoms with Gasteiger partial charge < -0.3 is 5.11 Å². The van der Waals surface area contributed by atoms with Crippen LogP contribution in [0.25, 0.3) is 0 Å². The van der Waals surface area contributed by atoms with Gasteiger partial charge in [-0.1, -0.05) is 13.3 Å². The zero-order valence-corrected chi connectivity index (χ0v) is 11.0. The summed E-state index contributed by atoms with van der Waals surface area (Å²) >= 11 is 0. The fourth-order valence-electron chi connectivity index (χ4n) is 1.78. The second-order valence-corrected chi connectivity index (χ2v) is 7.09. The molecule has 6 nitrogen and oxygen atoms in total. The van der Waals surface area contributed by atoms with Gasteiger partial charge in [-0.3, -0.25) is 9.59 Å². The van der Waals surface area contributed by atoms with E-state index < -0.39 is 32.6 Å². The monoisotopic (exact) mass is 263 g/mol. The average Bonchev–Trinajstić information content (AvgIpc) is 2.22. The van der Waals surface area contributed by atoms with Gasteiger partial charge in [0.05, 0.1) is 12.5 Å². The number of carboxylic acid groups (broad SMARTS) is 1. The number of hydrogen-bond acceptors (Lipinski definition) is 4. The maximum atomic E-state index is 11.8. The van der Waals surface area contributed by atoms with Crippen LogP contribution in [0.4, 0.5) is 0 Å². The Bertz CT molecular complexity index is 440. The Balaban J connectivity index is 2.84. The molecule has 1 N–H and O–H groups in total. The molecule has 1 saturated heterocycles. The molecule has 0 aromatic heterocycles. The minimum absolute atomic E-state index is 0.256. The Morgan fingerprint density at radius 3 is 2.35 bits per heavy atom. The van der Waals surface area contributed by atoms with Crippen molar-refractivity contribution in [3.8, 4) is 0 Å². The van der Waals surface area contributed by atoms with Gasteiger partial charge in [-0.05, 0) is 20.3 Å². The summed E-state index contributed by atoms with van der Waals surface area (Å²) in [6.45, 7) is 4.22. The van der Waals surface area contributed by atoms with E-state index >= 15 is 0 Å². The second kappa shape index (κ2) is 4.29. The third-order valence-electron chi connectivity index (χ3n) is 3.05. The molecule has 1 aliphatic heterocycles. The molecular weight excluding hydrogens is 246 g/mol. The molecule has 1 unspecified atom stereocenters. The highest BCUT2D eigenvalue weighted by atomic mass is 32.2. The molecule has 17 heavy (non-hydrogen) atoms. The summed E-state index contributed by atoms with van der Waals surface area (Å²) in [4.78, 5) is 22.5. The number of carbonyl (C=O) groups excluding carboxylic acids is 1. The predicted octanol–water partition coefficient (Wildman–Crippen LogP) is 0.438. The summed E-state index contributed by atoms with van der Waals surface area (Å²) in [6, 6.07) is 0. The molecule has 0 saturated carbocycles. The van der Waals surface area contributed by atoms with Gasteiger partial charge in [0, 0.05) is 0 Å². The van der Waals surface area contributed by atoms with Crippen LogP contribution in [-0.2, 0) is 19.6 Å². The molecular formula is C10H17NO5S. The lowest BCUT2D eigenvalue weighted by atomic mass is 10.0. The van der Waals surface area contributed by atoms with E-state index in [-0.39, 0.29) is 6.54 Å². The zero-order valence-electron chi connectivity index (χ0n) is 10.1. The second-order valence-electron chi connectivity index (χ2n) is 4.68. The van der Waals surface area contributed by atoms with E-state index in [2.05, 4.69) is 0 Å². The number of hydrogen-bond donors (Lipinski definition) is 1. The maximum Gasteiger partial charge on any atom is 0.308 e. The van der Waals surface area contributed by atoms with Crippen LogP contribution in [0, 0.1) is 5.92 Å². The van der Waals surface area contributed by atoms with Gasteiger partial charge in [-0.2, -0.15) is 0 Å². The molecule has 1 rings (SSSR count). The van der Waals surface area contributed by atoms with E-state index in [4.69, 9.17) is 5.11 Å². The van der Waals surface area contributed by atoms with E-state index in [1.807, 2.05) is 6.92 Å². The van der Waals surface area contributed by atoms with E-state index in [9.17, 15) is 18.0 Å². The van der Waals surface area contributed by atoms with Crippen molar-refractivity contribution >= 4 is 21.9 Å². The molecule has 1 atom stereocenters. The fraction of sp³-hybridized carbons (Fsp3) is 0.800. The molecule has 1 amide bonds. The Morgan fingerprint density at radius 2 is 2.00 bits per heavy atom. The van der Waals surface area contributed by atoms with Crippen molar-refractivity contribution in [3.05, 3.63) is 0 Å². The van der Waals surface area contributed by atoms with Crippen LogP contribution < -0.4 is 0 Å². The minimum atomic E-state index is -3.68. The highest BCUT2D eigenvalue weighted by molar-refractivity contribution is 7.94. The molecule has 1 fully saturated rings. The van der Waals surface area contributed by atoms with Gasteiger partial charge in [0.25, 0.3) is 15.9 Å². The van der Waals surface area contributed by atoms with Gasteiger partial charge in [-0.15, -0.1) is 0 Å². The molecule has 0 aliphatic carbocycles. The lowest BCUT2D eigenvalue weighted by Crippen LogP contribution is -2.68. The van der Waals surface area contributed by atoms with Crippen LogP contribution in [0.5, 0.6) is 0 Å². The first-order valence-electron chi connectivity index (χ1n) is 5.45. The van der Waals surface area contributed by atoms with E-state index in [1.165, 1.54) is 13.8 Å². The summed E-state index contributed by atoms with van der Waals surface area (Å²) in [5.74, 6) is -2.42. The Morgan fingerprint density at radius 1 is 1.47 bits per heavy atom. The van der Waals surface area contributed by atoms with Gasteiger partial charge >= 0.3 is 5.97 Å². The van der Waals surface area contributed by atoms with Gasteiger partial charge in [0.15, 0.2) is 4.75 Å². The van der Waals surface area contributed by atoms with Gasteiger partial charge in [-0.25, -0.2) is 12.7 Å². The number of carbonyl (C=O) groups is 2. The predicted molar refractivity (Wildman–Crippen MR) is 60.7 cm³/mol. The summed E-state index contributed by atoms with van der Waals surface area (Å²) in [7, 11) is -3.68. The quantitative estimate of drug-likeness (QED) is 0.777. The number of amides is 1. The summed E-state index contributed by atoms with van der Waals surface area (Å²) < 4.78 is 22.8. The van der Waals surface area contributed by atoms with Crippen molar-refractivity contribution in [2.75, 3.05) is 6.54 Å². The first-order valence-corrected chi connectivity index (χ1v) is 6.89. The van der Waals surface area contributed by atoms with Crippen molar-refractivity contribution in [2.45, 2.75) is 38.4 Å². The standard InChI is InChI=1S/C10H17NO5S/c1-4-5-7(8(12)13)6-11-9(14)10(2,3)17(11,15)16/h7H,4-6H2,1-3H3,(H,12,13). The van der Waals surface area contributed by atoms with Crippen LogP contribution in [0.3, 0.4) is 0 Å². The van der Waals surface area contributed by atoms with Crippen LogP contribution in [0.15, 0.2) is 0 Å². The highest BCUT2D eigenvalue weighted by Crippen LogP contribution is 2.35. The largest absolute Gasteiger partial charge is 0.481 e. The van der Waals surface area contributed by atoms with Crippen LogP contribution >= 0.6 is 0 Å². The summed E-state index contributed by atoms with van der Waals surface area (Å²) in [5, 5.41) is 8.93. The lowest BCUT2D eigenvalue weighted by Gasteiger charge is -2.43. The lowest BCUT2D eigenvalue weighted by molar-refractivity contribution is -0.143. The van der Waals surface area contributed by atoms with Crippen LogP contribution in [0.1, 0.15) is 33.6 Å². The topological polar surface area (TPSA) is 91.8 Å². The number of rotatable bonds is 5. The van der Waals surface area contributed by atoms with Crippen molar-refractivity contribution in [1.29, 1.82) is 0 Å². The Kier molecular flexibility index (Phi) is 3.52. The molecule has 0 spiro atoms. The molecule has 7 heteroatoms. The van der Waals surface area contributed by atoms with Gasteiger partial charge in [0.2, 0.25) is 0 Å². The van der Waals surface area contributed by atoms with E-state index in [0.717, 1.165) is 0 Å². The Labute approximate surface area is 101 Å². The SMILES string of the molecule is CCCC(CN1C(=O)C(C)(C)S1(=O)=O)C(=O)O. The number of nitrogens with zero attached hydrogens (tertiary/aromatic N) is 1. The highest BCUT2D eigenvalue weighted by Gasteiger charge is 2.60. The number of carboxylic acids is 1. The molecule has 0 bridgehead atoms. The smallest absolute Gasteiger partial charge is 0.308 e. The van der Waals surface area contributed by atoms with Crippen molar-refractivity contribution in [1.82, 2.24) is 4.31 Å². The summed E-state index contributed by atoms with van der Waals surface area (Å²) in [6.07, 6.45) is 0.984. The fourth-order valence-corrected chi connectivity index (χ4v) is 3.35. The van der Waals surface area contributed by atoms with Crippen molar-refractivity contribution in [2.24, 2.45) is 5.92 Å². The molecule has 0 aromatic rings. The normalized spacial score (nSPS) is 23.0. The molecule has 0 radical (unpaired) electrons. The summed E-state index contributed by atoms with van der Waals surface area (Å²) in [5.41, 5.74) is 0. The maximum absolute atomic E-state index is 11.8. The third kappa shape index (κ3) is 2.03. The van der Waals surface area contributed by atoms with E-state index in [1.54, 1.807) is 0 Å². The van der Waals surface area contributed by atoms with E-state index in [0.29, 0.717) is 17.1 Å². The first-order chi connectivity index (χ1) is 7.66. The molecule has 0 aromatic carbocycles. The van der Waals surface area contributed by atoms with Crippen LogP contribution in [0.2, 0.25) is 0 Å².